The fraction of sp³-hybridized carbons (Fsp3) is 0.389. The molecule has 1 unspecified atom stereocenters. The lowest BCUT2D eigenvalue weighted by atomic mass is 10.1. The number of ether oxygens (including phenoxy) is 1. The van der Waals surface area contributed by atoms with Crippen molar-refractivity contribution in [1.29, 1.82) is 0 Å². The van der Waals surface area contributed by atoms with Gasteiger partial charge in [0.25, 0.3) is 0 Å². The number of rotatable bonds is 5. The first-order valence-electron chi connectivity index (χ1n) is 7.92. The third-order valence-corrected chi connectivity index (χ3v) is 4.33. The van der Waals surface area contributed by atoms with E-state index in [-0.39, 0.29) is 12.0 Å². The highest BCUT2D eigenvalue weighted by atomic mass is 16.5. The summed E-state index contributed by atoms with van der Waals surface area (Å²) in [5.41, 5.74) is 3.75. The highest BCUT2D eigenvalue weighted by Crippen LogP contribution is 2.29. The molecule has 1 atom stereocenters. The molecule has 1 aliphatic rings. The van der Waals surface area contributed by atoms with Gasteiger partial charge < -0.3 is 19.5 Å². The quantitative estimate of drug-likeness (QED) is 0.862. The minimum absolute atomic E-state index is 0.167. The van der Waals surface area contributed by atoms with Crippen molar-refractivity contribution in [2.45, 2.75) is 19.0 Å². The molecule has 0 spiro atoms. The number of esters is 1. The normalized spacial score (nSPS) is 16.2. The number of para-hydroxylation sites is 1. The average Bonchev–Trinajstić information content (AvgIpc) is 2.96. The van der Waals surface area contributed by atoms with Gasteiger partial charge in [-0.05, 0) is 30.8 Å². The molecule has 1 aromatic heterocycles. The van der Waals surface area contributed by atoms with Crippen LogP contribution >= 0.6 is 0 Å². The van der Waals surface area contributed by atoms with E-state index < -0.39 is 0 Å². The second-order valence-corrected chi connectivity index (χ2v) is 6.00. The Bertz CT molecular complexity index is 680. The Morgan fingerprint density at radius 2 is 2.17 bits per heavy atom. The van der Waals surface area contributed by atoms with Crippen molar-refractivity contribution in [3.05, 3.63) is 53.9 Å². The summed E-state index contributed by atoms with van der Waals surface area (Å²) in [6.07, 6.45) is 2.54. The molecular weight excluding hydrogens is 290 g/mol. The zero-order chi connectivity index (χ0) is 16.2. The van der Waals surface area contributed by atoms with Crippen LogP contribution in [0.2, 0.25) is 0 Å². The summed E-state index contributed by atoms with van der Waals surface area (Å²) in [7, 11) is 3.47. The van der Waals surface area contributed by atoms with E-state index in [1.165, 1.54) is 24.1 Å². The monoisotopic (exact) mass is 313 g/mol. The molecular formula is C18H23N3O2. The van der Waals surface area contributed by atoms with Gasteiger partial charge in [0, 0.05) is 37.2 Å². The number of fused-ring (bicyclic) bond motifs is 2. The van der Waals surface area contributed by atoms with E-state index in [1.54, 1.807) is 0 Å². The van der Waals surface area contributed by atoms with Crippen LogP contribution in [0.1, 0.15) is 23.7 Å². The van der Waals surface area contributed by atoms with E-state index in [1.807, 2.05) is 7.05 Å². The molecule has 0 bridgehead atoms. The van der Waals surface area contributed by atoms with Crippen LogP contribution in [-0.4, -0.2) is 42.7 Å². The fourth-order valence-corrected chi connectivity index (χ4v) is 3.06. The summed E-state index contributed by atoms with van der Waals surface area (Å²) in [5.74, 6) is -0.167. The Kier molecular flexibility index (Phi) is 4.67. The number of likely N-dealkylation sites (N-methyl/N-ethyl adjacent to an activating group) is 1. The number of carbonyl (C=O) groups excluding carboxylic acids is 1. The maximum absolute atomic E-state index is 11.3. The van der Waals surface area contributed by atoms with Gasteiger partial charge in [-0.2, -0.15) is 0 Å². The zero-order valence-corrected chi connectivity index (χ0v) is 13.7. The molecule has 1 N–H and O–H groups in total. The number of aromatic nitrogens is 1. The standard InChI is InChI=1S/C18H23N3O2/c1-20(11-9-18(22)23-2)13-16-17-8-5-10-21(17)12-14-6-3-4-7-15(14)19-16/h3-8,10,16,19H,9,11-13H2,1-2H3. The number of hydrogen-bond donors (Lipinski definition) is 1. The van der Waals surface area contributed by atoms with Crippen molar-refractivity contribution in [2.24, 2.45) is 0 Å². The highest BCUT2D eigenvalue weighted by Gasteiger charge is 2.22. The van der Waals surface area contributed by atoms with Gasteiger partial charge in [0.05, 0.1) is 19.6 Å². The fourth-order valence-electron chi connectivity index (χ4n) is 3.06. The molecule has 2 aromatic rings. The summed E-state index contributed by atoms with van der Waals surface area (Å²) >= 11 is 0. The average molecular weight is 313 g/mol. The summed E-state index contributed by atoms with van der Waals surface area (Å²) in [6, 6.07) is 12.9. The third kappa shape index (κ3) is 3.56. The van der Waals surface area contributed by atoms with E-state index in [4.69, 9.17) is 4.74 Å². The van der Waals surface area contributed by atoms with Crippen molar-refractivity contribution in [3.8, 4) is 0 Å². The molecule has 23 heavy (non-hydrogen) atoms. The molecule has 5 heteroatoms. The molecule has 0 aliphatic carbocycles. The van der Waals surface area contributed by atoms with Crippen molar-refractivity contribution >= 4 is 11.7 Å². The van der Waals surface area contributed by atoms with Crippen LogP contribution in [0.4, 0.5) is 5.69 Å². The third-order valence-electron chi connectivity index (χ3n) is 4.33. The van der Waals surface area contributed by atoms with Gasteiger partial charge in [0.2, 0.25) is 0 Å². The molecule has 1 aliphatic heterocycles. The lowest BCUT2D eigenvalue weighted by Crippen LogP contribution is -2.31. The number of carbonyl (C=O) groups is 1. The number of nitrogens with one attached hydrogen (secondary N) is 1. The van der Waals surface area contributed by atoms with Gasteiger partial charge in [0.15, 0.2) is 0 Å². The van der Waals surface area contributed by atoms with Crippen LogP contribution in [0, 0.1) is 0 Å². The summed E-state index contributed by atoms with van der Waals surface area (Å²) in [4.78, 5) is 13.5. The van der Waals surface area contributed by atoms with E-state index >= 15 is 0 Å². The maximum Gasteiger partial charge on any atom is 0.306 e. The Balaban J connectivity index is 1.75. The molecule has 2 heterocycles. The van der Waals surface area contributed by atoms with Gasteiger partial charge in [-0.3, -0.25) is 4.79 Å². The Hall–Kier alpha value is -2.27. The zero-order valence-electron chi connectivity index (χ0n) is 13.7. The number of anilines is 1. The lowest BCUT2D eigenvalue weighted by molar-refractivity contribution is -0.140. The minimum atomic E-state index is -0.167. The van der Waals surface area contributed by atoms with Gasteiger partial charge in [-0.15, -0.1) is 0 Å². The topological polar surface area (TPSA) is 46.5 Å². The second-order valence-electron chi connectivity index (χ2n) is 6.00. The number of methoxy groups -OCH3 is 1. The van der Waals surface area contributed by atoms with Gasteiger partial charge in [-0.25, -0.2) is 0 Å². The molecule has 3 rings (SSSR count). The van der Waals surface area contributed by atoms with Gasteiger partial charge in [-0.1, -0.05) is 18.2 Å². The number of benzene rings is 1. The van der Waals surface area contributed by atoms with Crippen molar-refractivity contribution in [2.75, 3.05) is 32.6 Å². The first-order valence-corrected chi connectivity index (χ1v) is 7.92. The minimum Gasteiger partial charge on any atom is -0.469 e. The SMILES string of the molecule is COC(=O)CCN(C)CC1Nc2ccccc2Cn2cccc21. The first kappa shape index (κ1) is 15.6. The molecule has 1 aromatic carbocycles. The van der Waals surface area contributed by atoms with Gasteiger partial charge in [0.1, 0.15) is 0 Å². The molecule has 0 saturated heterocycles. The highest BCUT2D eigenvalue weighted by molar-refractivity contribution is 5.69. The van der Waals surface area contributed by atoms with Crippen LogP contribution in [0.15, 0.2) is 42.6 Å². The first-order chi connectivity index (χ1) is 11.2. The molecule has 0 radical (unpaired) electrons. The van der Waals surface area contributed by atoms with Crippen LogP contribution < -0.4 is 5.32 Å². The van der Waals surface area contributed by atoms with Crippen LogP contribution in [0.5, 0.6) is 0 Å². The lowest BCUT2D eigenvalue weighted by Gasteiger charge is -2.25. The van der Waals surface area contributed by atoms with E-state index in [0.29, 0.717) is 13.0 Å². The summed E-state index contributed by atoms with van der Waals surface area (Å²) < 4.78 is 7.00. The van der Waals surface area contributed by atoms with Gasteiger partial charge >= 0.3 is 5.97 Å². The van der Waals surface area contributed by atoms with Crippen molar-refractivity contribution in [1.82, 2.24) is 9.47 Å². The molecule has 0 fully saturated rings. The van der Waals surface area contributed by atoms with E-state index in [9.17, 15) is 4.79 Å². The van der Waals surface area contributed by atoms with Crippen LogP contribution in [-0.2, 0) is 16.1 Å². The smallest absolute Gasteiger partial charge is 0.306 e. The molecule has 0 amide bonds. The van der Waals surface area contributed by atoms with Crippen LogP contribution in [0.25, 0.3) is 0 Å². The predicted molar refractivity (Wildman–Crippen MR) is 90.5 cm³/mol. The van der Waals surface area contributed by atoms with Crippen molar-refractivity contribution < 1.29 is 9.53 Å². The molecule has 0 saturated carbocycles. The Morgan fingerprint density at radius 1 is 1.35 bits per heavy atom. The van der Waals surface area contributed by atoms with E-state index in [0.717, 1.165) is 13.1 Å². The number of nitrogens with zero attached hydrogens (tertiary/aromatic N) is 2. The van der Waals surface area contributed by atoms with Crippen molar-refractivity contribution in [3.63, 3.8) is 0 Å². The molecule has 5 nitrogen and oxygen atoms in total. The largest absolute Gasteiger partial charge is 0.469 e. The van der Waals surface area contributed by atoms with Crippen LogP contribution in [0.3, 0.4) is 0 Å². The predicted octanol–water partition coefficient (Wildman–Crippen LogP) is 2.50. The summed E-state index contributed by atoms with van der Waals surface area (Å²) in [6.45, 7) is 2.40. The molecule has 122 valence electrons. The van der Waals surface area contributed by atoms with E-state index in [2.05, 4.69) is 57.4 Å². The Labute approximate surface area is 136 Å². The summed E-state index contributed by atoms with van der Waals surface area (Å²) in [5, 5.41) is 3.66. The second kappa shape index (κ2) is 6.87. The number of hydrogen-bond acceptors (Lipinski definition) is 4. The Morgan fingerprint density at radius 3 is 3.00 bits per heavy atom. The maximum atomic E-state index is 11.3.